The van der Waals surface area contributed by atoms with Crippen LogP contribution in [0.3, 0.4) is 0 Å². The highest BCUT2D eigenvalue weighted by Crippen LogP contribution is 2.31. The molecule has 0 radical (unpaired) electrons. The Morgan fingerprint density at radius 2 is 1.85 bits per heavy atom. The van der Waals surface area contributed by atoms with Gasteiger partial charge in [0.1, 0.15) is 5.75 Å². The standard InChI is InChI=1S/C19H30N2O5S/c1-21(18(22)19(15-25-2)9-11-20-12-10-19)13-4-14-26-16-5-7-17(8-6-16)27(3,23)24/h5-8,20H,4,9-15H2,1-3H3. The minimum atomic E-state index is -3.20. The molecule has 152 valence electrons. The molecule has 1 saturated heterocycles. The number of amides is 1. The zero-order chi connectivity index (χ0) is 19.9. The number of methoxy groups -OCH3 is 1. The van der Waals surface area contributed by atoms with E-state index in [2.05, 4.69) is 5.32 Å². The van der Waals surface area contributed by atoms with E-state index in [0.29, 0.717) is 31.9 Å². The van der Waals surface area contributed by atoms with Gasteiger partial charge in [0, 0.05) is 27.0 Å². The summed E-state index contributed by atoms with van der Waals surface area (Å²) in [7, 11) is 0.260. The number of sulfone groups is 1. The Kier molecular flexibility index (Phi) is 7.64. The summed E-state index contributed by atoms with van der Waals surface area (Å²) in [5, 5.41) is 3.29. The molecule has 0 bridgehead atoms. The van der Waals surface area contributed by atoms with Gasteiger partial charge in [0.2, 0.25) is 5.91 Å². The third kappa shape index (κ3) is 5.92. The van der Waals surface area contributed by atoms with Crippen molar-refractivity contribution in [2.45, 2.75) is 24.2 Å². The second-order valence-corrected chi connectivity index (χ2v) is 9.15. The number of ether oxygens (including phenoxy) is 2. The van der Waals surface area contributed by atoms with Gasteiger partial charge >= 0.3 is 0 Å². The number of benzene rings is 1. The number of rotatable bonds is 9. The molecule has 0 unspecified atom stereocenters. The molecule has 1 aromatic rings. The molecule has 8 heteroatoms. The van der Waals surface area contributed by atoms with Gasteiger partial charge in [-0.25, -0.2) is 8.42 Å². The van der Waals surface area contributed by atoms with Crippen LogP contribution in [-0.4, -0.2) is 72.5 Å². The highest BCUT2D eigenvalue weighted by atomic mass is 32.2. The number of hydrogen-bond donors (Lipinski definition) is 1. The van der Waals surface area contributed by atoms with E-state index in [9.17, 15) is 13.2 Å². The molecular formula is C19H30N2O5S. The molecule has 2 rings (SSSR count). The first kappa shape index (κ1) is 21.7. The van der Waals surface area contributed by atoms with Crippen LogP contribution in [0.25, 0.3) is 0 Å². The largest absolute Gasteiger partial charge is 0.494 e. The number of piperidine rings is 1. The average molecular weight is 399 g/mol. The molecule has 0 aromatic heterocycles. The fourth-order valence-electron chi connectivity index (χ4n) is 3.38. The summed E-state index contributed by atoms with van der Waals surface area (Å²) in [6.45, 7) is 3.15. The molecule has 1 aromatic carbocycles. The smallest absolute Gasteiger partial charge is 0.230 e. The van der Waals surface area contributed by atoms with Crippen LogP contribution in [0.15, 0.2) is 29.2 Å². The van der Waals surface area contributed by atoms with Gasteiger partial charge < -0.3 is 19.7 Å². The Labute approximate surface area is 161 Å². The Hall–Kier alpha value is -1.64. The van der Waals surface area contributed by atoms with Crippen molar-refractivity contribution in [3.63, 3.8) is 0 Å². The maximum atomic E-state index is 12.9. The monoisotopic (exact) mass is 398 g/mol. The van der Waals surface area contributed by atoms with Crippen LogP contribution >= 0.6 is 0 Å². The first-order valence-electron chi connectivity index (χ1n) is 9.17. The van der Waals surface area contributed by atoms with Crippen molar-refractivity contribution in [1.29, 1.82) is 0 Å². The van der Waals surface area contributed by atoms with E-state index >= 15 is 0 Å². The third-order valence-corrected chi connectivity index (χ3v) is 6.07. The van der Waals surface area contributed by atoms with E-state index in [4.69, 9.17) is 9.47 Å². The Bertz CT molecular complexity index is 707. The van der Waals surface area contributed by atoms with Crippen molar-refractivity contribution >= 4 is 15.7 Å². The van der Waals surface area contributed by atoms with E-state index in [1.54, 1.807) is 24.1 Å². The number of carbonyl (C=O) groups is 1. The van der Waals surface area contributed by atoms with Gasteiger partial charge in [0.05, 0.1) is 23.5 Å². The van der Waals surface area contributed by atoms with Gasteiger partial charge in [0.25, 0.3) is 0 Å². The lowest BCUT2D eigenvalue weighted by molar-refractivity contribution is -0.146. The van der Waals surface area contributed by atoms with Crippen LogP contribution < -0.4 is 10.1 Å². The Balaban J connectivity index is 1.81. The van der Waals surface area contributed by atoms with Gasteiger partial charge in [-0.05, 0) is 56.6 Å². The van der Waals surface area contributed by atoms with E-state index in [-0.39, 0.29) is 10.8 Å². The molecule has 0 aliphatic carbocycles. The van der Waals surface area contributed by atoms with Crippen LogP contribution in [0.2, 0.25) is 0 Å². The molecule has 1 aliphatic rings. The van der Waals surface area contributed by atoms with Crippen molar-refractivity contribution in [2.75, 3.05) is 53.3 Å². The normalized spacial score (nSPS) is 16.7. The van der Waals surface area contributed by atoms with Crippen molar-refractivity contribution in [3.05, 3.63) is 24.3 Å². The molecule has 0 saturated carbocycles. The molecule has 27 heavy (non-hydrogen) atoms. The topological polar surface area (TPSA) is 84.9 Å². The Morgan fingerprint density at radius 3 is 2.41 bits per heavy atom. The molecule has 1 fully saturated rings. The summed E-state index contributed by atoms with van der Waals surface area (Å²) < 4.78 is 33.9. The van der Waals surface area contributed by atoms with E-state index in [1.807, 2.05) is 7.05 Å². The SMILES string of the molecule is COCC1(C(=O)N(C)CCCOc2ccc(S(C)(=O)=O)cc2)CCNCC1. The molecule has 7 nitrogen and oxygen atoms in total. The zero-order valence-electron chi connectivity index (χ0n) is 16.4. The van der Waals surface area contributed by atoms with Gasteiger partial charge in [-0.1, -0.05) is 0 Å². The lowest BCUT2D eigenvalue weighted by Gasteiger charge is -2.38. The number of nitrogens with one attached hydrogen (secondary N) is 1. The maximum Gasteiger partial charge on any atom is 0.230 e. The second-order valence-electron chi connectivity index (χ2n) is 7.14. The number of nitrogens with zero attached hydrogens (tertiary/aromatic N) is 1. The summed E-state index contributed by atoms with van der Waals surface area (Å²) in [5.41, 5.74) is -0.433. The summed E-state index contributed by atoms with van der Waals surface area (Å²) in [5.74, 6) is 0.744. The molecule has 1 amide bonds. The van der Waals surface area contributed by atoms with E-state index < -0.39 is 15.3 Å². The van der Waals surface area contributed by atoms with Crippen molar-refractivity contribution in [1.82, 2.24) is 10.2 Å². The highest BCUT2D eigenvalue weighted by molar-refractivity contribution is 7.90. The lowest BCUT2D eigenvalue weighted by atomic mass is 9.78. The third-order valence-electron chi connectivity index (χ3n) is 4.94. The number of carbonyl (C=O) groups excluding carboxylic acids is 1. The minimum absolute atomic E-state index is 0.128. The van der Waals surface area contributed by atoms with Crippen LogP contribution in [0, 0.1) is 5.41 Å². The predicted molar refractivity (Wildman–Crippen MR) is 104 cm³/mol. The van der Waals surface area contributed by atoms with Gasteiger partial charge in [0.15, 0.2) is 9.84 Å². The Morgan fingerprint density at radius 1 is 1.22 bits per heavy atom. The summed E-state index contributed by atoms with van der Waals surface area (Å²) in [4.78, 5) is 15.0. The van der Waals surface area contributed by atoms with Gasteiger partial charge in [-0.2, -0.15) is 0 Å². The van der Waals surface area contributed by atoms with Crippen LogP contribution in [0.1, 0.15) is 19.3 Å². The fourth-order valence-corrected chi connectivity index (χ4v) is 4.01. The predicted octanol–water partition coefficient (Wildman–Crippen LogP) is 1.33. The first-order valence-corrected chi connectivity index (χ1v) is 11.1. The van der Waals surface area contributed by atoms with Crippen molar-refractivity contribution in [2.24, 2.45) is 5.41 Å². The van der Waals surface area contributed by atoms with E-state index in [1.165, 1.54) is 18.4 Å². The molecule has 1 heterocycles. The summed E-state index contributed by atoms with van der Waals surface area (Å²) in [6, 6.07) is 6.36. The fraction of sp³-hybridized carbons (Fsp3) is 0.632. The zero-order valence-corrected chi connectivity index (χ0v) is 17.2. The second kappa shape index (κ2) is 9.52. The number of hydrogen-bond acceptors (Lipinski definition) is 6. The molecule has 1 N–H and O–H groups in total. The van der Waals surface area contributed by atoms with Crippen LogP contribution in [0.5, 0.6) is 5.75 Å². The summed E-state index contributed by atoms with van der Waals surface area (Å²) in [6.07, 6.45) is 3.44. The van der Waals surface area contributed by atoms with Crippen molar-refractivity contribution < 1.29 is 22.7 Å². The quantitative estimate of drug-likeness (QED) is 0.632. The maximum absolute atomic E-state index is 12.9. The van der Waals surface area contributed by atoms with Crippen LogP contribution in [-0.2, 0) is 19.4 Å². The van der Waals surface area contributed by atoms with Crippen molar-refractivity contribution in [3.8, 4) is 5.75 Å². The molecule has 0 spiro atoms. The van der Waals surface area contributed by atoms with Gasteiger partial charge in [-0.15, -0.1) is 0 Å². The minimum Gasteiger partial charge on any atom is -0.494 e. The van der Waals surface area contributed by atoms with E-state index in [0.717, 1.165) is 25.9 Å². The lowest BCUT2D eigenvalue weighted by Crippen LogP contribution is -2.50. The molecular weight excluding hydrogens is 368 g/mol. The average Bonchev–Trinajstić information content (AvgIpc) is 2.65. The first-order chi connectivity index (χ1) is 12.8. The van der Waals surface area contributed by atoms with Gasteiger partial charge in [-0.3, -0.25) is 4.79 Å². The highest BCUT2D eigenvalue weighted by Gasteiger charge is 2.41. The summed E-state index contributed by atoms with van der Waals surface area (Å²) >= 11 is 0. The molecule has 1 aliphatic heterocycles. The van der Waals surface area contributed by atoms with Crippen LogP contribution in [0.4, 0.5) is 0 Å². The molecule has 0 atom stereocenters.